The average molecular weight is 310 g/mol. The molecule has 0 saturated carbocycles. The van der Waals surface area contributed by atoms with E-state index < -0.39 is 5.97 Å². The normalized spacial score (nSPS) is 10.4. The molecule has 0 bridgehead atoms. The van der Waals surface area contributed by atoms with Crippen LogP contribution in [-0.2, 0) is 0 Å². The van der Waals surface area contributed by atoms with E-state index in [-0.39, 0.29) is 5.76 Å². The zero-order chi connectivity index (χ0) is 13.3. The molecule has 0 aliphatic rings. The second-order valence-corrected chi connectivity index (χ2v) is 4.81. The van der Waals surface area contributed by atoms with Crippen molar-refractivity contribution < 1.29 is 14.3 Å². The van der Waals surface area contributed by atoms with E-state index in [9.17, 15) is 4.79 Å². The topological polar surface area (TPSA) is 62.5 Å². The molecule has 18 heavy (non-hydrogen) atoms. The van der Waals surface area contributed by atoms with Gasteiger partial charge in [0.15, 0.2) is 5.88 Å². The Morgan fingerprint density at radius 1 is 1.28 bits per heavy atom. The van der Waals surface area contributed by atoms with E-state index in [1.54, 1.807) is 6.07 Å². The van der Waals surface area contributed by atoms with Gasteiger partial charge in [-0.1, -0.05) is 15.9 Å². The summed E-state index contributed by atoms with van der Waals surface area (Å²) in [6, 6.07) is 6.93. The van der Waals surface area contributed by atoms with Crippen LogP contribution in [0.3, 0.4) is 0 Å². The number of hydrogen-bond acceptors (Lipinski definition) is 3. The molecule has 0 aliphatic carbocycles. The highest BCUT2D eigenvalue weighted by atomic mass is 79.9. The molecule has 2 N–H and O–H groups in total. The van der Waals surface area contributed by atoms with Gasteiger partial charge in [-0.2, -0.15) is 0 Å². The SMILES string of the molecule is Cc1cc(Nc2ccc(C(=O)O)o2)cc(C)c1Br. The fraction of sp³-hybridized carbons (Fsp3) is 0.154. The monoisotopic (exact) mass is 309 g/mol. The smallest absolute Gasteiger partial charge is 0.371 e. The van der Waals surface area contributed by atoms with Gasteiger partial charge in [0, 0.05) is 16.2 Å². The van der Waals surface area contributed by atoms with E-state index in [1.165, 1.54) is 6.07 Å². The fourth-order valence-corrected chi connectivity index (χ4v) is 1.91. The summed E-state index contributed by atoms with van der Waals surface area (Å²) in [5, 5.41) is 11.8. The first-order valence-electron chi connectivity index (χ1n) is 5.34. The van der Waals surface area contributed by atoms with Gasteiger partial charge >= 0.3 is 5.97 Å². The Hall–Kier alpha value is -1.75. The number of furan rings is 1. The number of anilines is 2. The lowest BCUT2D eigenvalue weighted by Gasteiger charge is -2.08. The highest BCUT2D eigenvalue weighted by Crippen LogP contribution is 2.27. The van der Waals surface area contributed by atoms with E-state index in [1.807, 2.05) is 26.0 Å². The third-order valence-corrected chi connectivity index (χ3v) is 3.77. The second kappa shape index (κ2) is 4.86. The summed E-state index contributed by atoms with van der Waals surface area (Å²) in [4.78, 5) is 10.7. The van der Waals surface area contributed by atoms with E-state index in [2.05, 4.69) is 21.2 Å². The van der Waals surface area contributed by atoms with Crippen molar-refractivity contribution in [3.05, 3.63) is 45.6 Å². The number of nitrogens with one attached hydrogen (secondary N) is 1. The molecule has 1 aromatic heterocycles. The van der Waals surface area contributed by atoms with Gasteiger partial charge in [-0.05, 0) is 43.2 Å². The minimum absolute atomic E-state index is 0.0805. The Labute approximate surface area is 113 Å². The van der Waals surface area contributed by atoms with Crippen molar-refractivity contribution in [2.24, 2.45) is 0 Å². The molecule has 94 valence electrons. The lowest BCUT2D eigenvalue weighted by Crippen LogP contribution is -1.93. The van der Waals surface area contributed by atoms with Gasteiger partial charge in [0.25, 0.3) is 0 Å². The zero-order valence-electron chi connectivity index (χ0n) is 9.95. The van der Waals surface area contributed by atoms with Gasteiger partial charge in [0.05, 0.1) is 0 Å². The third kappa shape index (κ3) is 2.56. The van der Waals surface area contributed by atoms with Crippen LogP contribution >= 0.6 is 15.9 Å². The quantitative estimate of drug-likeness (QED) is 0.896. The molecule has 0 atom stereocenters. The number of aryl methyl sites for hydroxylation is 2. The van der Waals surface area contributed by atoms with Crippen molar-refractivity contribution in [1.82, 2.24) is 0 Å². The van der Waals surface area contributed by atoms with Crippen LogP contribution in [0.4, 0.5) is 11.6 Å². The van der Waals surface area contributed by atoms with E-state index in [4.69, 9.17) is 9.52 Å². The van der Waals surface area contributed by atoms with Crippen molar-refractivity contribution in [2.75, 3.05) is 5.32 Å². The first kappa shape index (κ1) is 12.7. The molecule has 2 rings (SSSR count). The van der Waals surface area contributed by atoms with Gasteiger partial charge in [-0.15, -0.1) is 0 Å². The molecule has 0 amide bonds. The predicted molar refractivity (Wildman–Crippen MR) is 72.6 cm³/mol. The molecule has 1 aromatic carbocycles. The van der Waals surface area contributed by atoms with Gasteiger partial charge in [-0.25, -0.2) is 4.79 Å². The number of halogens is 1. The van der Waals surface area contributed by atoms with Crippen molar-refractivity contribution >= 4 is 33.5 Å². The second-order valence-electron chi connectivity index (χ2n) is 4.02. The lowest BCUT2D eigenvalue weighted by molar-refractivity contribution is 0.0663. The summed E-state index contributed by atoms with van der Waals surface area (Å²) in [6.45, 7) is 3.99. The summed E-state index contributed by atoms with van der Waals surface area (Å²) >= 11 is 3.49. The summed E-state index contributed by atoms with van der Waals surface area (Å²) in [5.74, 6) is -0.747. The van der Waals surface area contributed by atoms with Crippen LogP contribution in [0.5, 0.6) is 0 Å². The van der Waals surface area contributed by atoms with Crippen LogP contribution in [0.25, 0.3) is 0 Å². The minimum atomic E-state index is -1.08. The third-order valence-electron chi connectivity index (χ3n) is 2.52. The average Bonchev–Trinajstić information content (AvgIpc) is 2.74. The summed E-state index contributed by atoms with van der Waals surface area (Å²) in [7, 11) is 0. The van der Waals surface area contributed by atoms with Crippen molar-refractivity contribution in [2.45, 2.75) is 13.8 Å². The van der Waals surface area contributed by atoms with Gasteiger partial charge in [0.2, 0.25) is 5.76 Å². The molecule has 0 radical (unpaired) electrons. The maximum atomic E-state index is 10.7. The number of rotatable bonds is 3. The molecule has 0 saturated heterocycles. The van der Waals surface area contributed by atoms with E-state index in [0.29, 0.717) is 5.88 Å². The first-order chi connectivity index (χ1) is 8.47. The zero-order valence-corrected chi connectivity index (χ0v) is 11.5. The highest BCUT2D eigenvalue weighted by Gasteiger charge is 2.09. The number of benzene rings is 1. The highest BCUT2D eigenvalue weighted by molar-refractivity contribution is 9.10. The number of carboxylic acid groups (broad SMARTS) is 1. The molecular weight excluding hydrogens is 298 g/mol. The Bertz CT molecular complexity index is 581. The largest absolute Gasteiger partial charge is 0.475 e. The summed E-state index contributed by atoms with van der Waals surface area (Å²) in [6.07, 6.45) is 0. The van der Waals surface area contributed by atoms with E-state index in [0.717, 1.165) is 21.3 Å². The van der Waals surface area contributed by atoms with Crippen LogP contribution in [0.1, 0.15) is 21.7 Å². The van der Waals surface area contributed by atoms with E-state index >= 15 is 0 Å². The van der Waals surface area contributed by atoms with Crippen molar-refractivity contribution in [3.63, 3.8) is 0 Å². The van der Waals surface area contributed by atoms with Crippen molar-refractivity contribution in [1.29, 1.82) is 0 Å². The molecule has 0 aliphatic heterocycles. The summed E-state index contributed by atoms with van der Waals surface area (Å²) in [5.41, 5.74) is 3.06. The predicted octanol–water partition coefficient (Wildman–Crippen LogP) is 4.10. The van der Waals surface area contributed by atoms with Crippen LogP contribution in [-0.4, -0.2) is 11.1 Å². The van der Waals surface area contributed by atoms with Crippen LogP contribution < -0.4 is 5.32 Å². The van der Waals surface area contributed by atoms with Crippen LogP contribution in [0, 0.1) is 13.8 Å². The number of carboxylic acids is 1. The molecule has 1 heterocycles. The molecule has 0 unspecified atom stereocenters. The maximum absolute atomic E-state index is 10.7. The summed E-state index contributed by atoms with van der Waals surface area (Å²) < 4.78 is 6.20. The fourth-order valence-electron chi connectivity index (χ4n) is 1.68. The molecule has 5 heteroatoms. The van der Waals surface area contributed by atoms with Gasteiger partial charge < -0.3 is 14.8 Å². The Morgan fingerprint density at radius 2 is 1.89 bits per heavy atom. The maximum Gasteiger partial charge on any atom is 0.371 e. The first-order valence-corrected chi connectivity index (χ1v) is 6.13. The Kier molecular flexibility index (Phi) is 3.43. The van der Waals surface area contributed by atoms with Gasteiger partial charge in [-0.3, -0.25) is 0 Å². The van der Waals surface area contributed by atoms with Gasteiger partial charge in [0.1, 0.15) is 0 Å². The molecular formula is C13H12BrNO3. The number of hydrogen-bond donors (Lipinski definition) is 2. The van der Waals surface area contributed by atoms with Crippen LogP contribution in [0.15, 0.2) is 33.2 Å². The standard InChI is InChI=1S/C13H12BrNO3/c1-7-5-9(6-8(2)12(7)14)15-11-4-3-10(18-11)13(16)17/h3-6,15H,1-2H3,(H,16,17). The minimum Gasteiger partial charge on any atom is -0.475 e. The van der Waals surface area contributed by atoms with Crippen molar-refractivity contribution in [3.8, 4) is 0 Å². The lowest BCUT2D eigenvalue weighted by atomic mass is 10.1. The number of aromatic carboxylic acids is 1. The Morgan fingerprint density at radius 3 is 2.39 bits per heavy atom. The molecule has 2 aromatic rings. The molecule has 0 fully saturated rings. The van der Waals surface area contributed by atoms with Crippen LogP contribution in [0.2, 0.25) is 0 Å². The molecule has 0 spiro atoms. The number of carbonyl (C=O) groups is 1. The molecule has 4 nitrogen and oxygen atoms in total. The Balaban J connectivity index is 2.25.